The van der Waals surface area contributed by atoms with Crippen LogP contribution < -0.4 is 5.32 Å². The van der Waals surface area contributed by atoms with Gasteiger partial charge in [-0.1, -0.05) is 35.9 Å². The van der Waals surface area contributed by atoms with E-state index >= 15 is 0 Å². The normalized spacial score (nSPS) is 11.0. The summed E-state index contributed by atoms with van der Waals surface area (Å²) in [7, 11) is 0. The fourth-order valence-corrected chi connectivity index (χ4v) is 4.02. The lowest BCUT2D eigenvalue weighted by Gasteiger charge is -2.07. The van der Waals surface area contributed by atoms with Crippen LogP contribution in [0.2, 0.25) is 5.02 Å². The smallest absolute Gasteiger partial charge is 0.261 e. The number of benzene rings is 2. The predicted octanol–water partition coefficient (Wildman–Crippen LogP) is 5.62. The van der Waals surface area contributed by atoms with Gasteiger partial charge in [0.2, 0.25) is 0 Å². The third kappa shape index (κ3) is 3.11. The Bertz CT molecular complexity index is 1080. The Morgan fingerprint density at radius 3 is 2.81 bits per heavy atom. The quantitative estimate of drug-likeness (QED) is 0.471. The molecule has 3 nitrogen and oxygen atoms in total. The molecule has 0 aliphatic carbocycles. The molecule has 6 heteroatoms. The average molecular weight is 385 g/mol. The van der Waals surface area contributed by atoms with Crippen LogP contribution in [0.3, 0.4) is 0 Å². The monoisotopic (exact) mass is 384 g/mol. The summed E-state index contributed by atoms with van der Waals surface area (Å²) in [4.78, 5) is 17.2. The van der Waals surface area contributed by atoms with Crippen LogP contribution in [-0.2, 0) is 6.54 Å². The summed E-state index contributed by atoms with van der Waals surface area (Å²) in [6, 6.07) is 16.2. The van der Waals surface area contributed by atoms with E-state index in [1.54, 1.807) is 12.1 Å². The van der Waals surface area contributed by atoms with Gasteiger partial charge < -0.3 is 10.3 Å². The second kappa shape index (κ2) is 6.94. The highest BCUT2D eigenvalue weighted by atomic mass is 35.5. The van der Waals surface area contributed by atoms with Crippen LogP contribution in [0.4, 0.5) is 4.39 Å². The number of carbonyl (C=O) groups excluding carboxylic acids is 1. The molecular formula is C20H14ClFN2OS. The number of para-hydroxylation sites is 1. The third-order valence-electron chi connectivity index (χ3n) is 4.17. The predicted molar refractivity (Wildman–Crippen MR) is 104 cm³/mol. The number of H-pyrrole nitrogens is 1. The van der Waals surface area contributed by atoms with E-state index in [4.69, 9.17) is 11.6 Å². The van der Waals surface area contributed by atoms with Crippen LogP contribution in [0.15, 0.2) is 60.8 Å². The van der Waals surface area contributed by atoms with Crippen molar-refractivity contribution in [3.05, 3.63) is 82.1 Å². The number of aromatic amines is 1. The number of hydrogen-bond donors (Lipinski definition) is 2. The van der Waals surface area contributed by atoms with Gasteiger partial charge in [-0.05, 0) is 30.3 Å². The molecule has 0 unspecified atom stereocenters. The van der Waals surface area contributed by atoms with Gasteiger partial charge in [0.1, 0.15) is 5.82 Å². The van der Waals surface area contributed by atoms with Crippen LogP contribution >= 0.6 is 22.9 Å². The van der Waals surface area contributed by atoms with Gasteiger partial charge in [0, 0.05) is 44.7 Å². The number of halogens is 2. The molecule has 0 fully saturated rings. The van der Waals surface area contributed by atoms with E-state index in [-0.39, 0.29) is 18.0 Å². The van der Waals surface area contributed by atoms with Crippen molar-refractivity contribution < 1.29 is 9.18 Å². The lowest BCUT2D eigenvalue weighted by molar-refractivity contribution is 0.0954. The maximum absolute atomic E-state index is 13.8. The third-order valence-corrected chi connectivity index (χ3v) is 5.64. The first-order valence-corrected chi connectivity index (χ1v) is 9.20. The lowest BCUT2D eigenvalue weighted by Crippen LogP contribution is -2.22. The molecule has 0 atom stereocenters. The molecule has 0 aliphatic heterocycles. The van der Waals surface area contributed by atoms with Crippen LogP contribution in [0.25, 0.3) is 21.3 Å². The first kappa shape index (κ1) is 16.8. The molecule has 0 spiro atoms. The van der Waals surface area contributed by atoms with Crippen molar-refractivity contribution in [3.8, 4) is 10.4 Å². The molecule has 0 saturated heterocycles. The number of rotatable bonds is 4. The van der Waals surface area contributed by atoms with Crippen molar-refractivity contribution in [2.75, 3.05) is 0 Å². The summed E-state index contributed by atoms with van der Waals surface area (Å²) in [6.07, 6.45) is 1.94. The van der Waals surface area contributed by atoms with E-state index in [1.807, 2.05) is 36.5 Å². The van der Waals surface area contributed by atoms with E-state index < -0.39 is 5.82 Å². The minimum atomic E-state index is -0.427. The highest BCUT2D eigenvalue weighted by molar-refractivity contribution is 7.17. The van der Waals surface area contributed by atoms with Gasteiger partial charge in [0.15, 0.2) is 0 Å². The summed E-state index contributed by atoms with van der Waals surface area (Å²) < 4.78 is 13.8. The van der Waals surface area contributed by atoms with Crippen molar-refractivity contribution >= 4 is 39.7 Å². The van der Waals surface area contributed by atoms with E-state index in [1.165, 1.54) is 23.5 Å². The maximum Gasteiger partial charge on any atom is 0.261 e. The van der Waals surface area contributed by atoms with E-state index in [2.05, 4.69) is 10.3 Å². The van der Waals surface area contributed by atoms with Gasteiger partial charge in [-0.25, -0.2) is 4.39 Å². The Morgan fingerprint density at radius 1 is 1.12 bits per heavy atom. The summed E-state index contributed by atoms with van der Waals surface area (Å²) in [5.74, 6) is -0.677. The molecule has 26 heavy (non-hydrogen) atoms. The molecule has 0 saturated carbocycles. The van der Waals surface area contributed by atoms with Gasteiger partial charge in [0.25, 0.3) is 5.91 Å². The topological polar surface area (TPSA) is 44.9 Å². The van der Waals surface area contributed by atoms with Gasteiger partial charge in [-0.2, -0.15) is 0 Å². The molecule has 0 bridgehead atoms. The van der Waals surface area contributed by atoms with Crippen LogP contribution in [0, 0.1) is 5.82 Å². The number of hydrogen-bond acceptors (Lipinski definition) is 2. The van der Waals surface area contributed by atoms with Gasteiger partial charge >= 0.3 is 0 Å². The zero-order valence-electron chi connectivity index (χ0n) is 13.6. The SMILES string of the molecule is O=C(NCc1c(F)cccc1Cl)c1ccc(-c2c[nH]c3ccccc23)s1. The van der Waals surface area contributed by atoms with Crippen LogP contribution in [0.5, 0.6) is 0 Å². The van der Waals surface area contributed by atoms with Crippen molar-refractivity contribution in [2.24, 2.45) is 0 Å². The van der Waals surface area contributed by atoms with Gasteiger partial charge in [0.05, 0.1) is 4.88 Å². The summed E-state index contributed by atoms with van der Waals surface area (Å²) in [5.41, 5.74) is 2.40. The first-order chi connectivity index (χ1) is 12.6. The number of fused-ring (bicyclic) bond motifs is 1. The molecule has 2 heterocycles. The van der Waals surface area contributed by atoms with Gasteiger partial charge in [-0.3, -0.25) is 4.79 Å². The van der Waals surface area contributed by atoms with E-state index in [0.717, 1.165) is 21.3 Å². The zero-order valence-corrected chi connectivity index (χ0v) is 15.1. The Labute approximate surface area is 158 Å². The molecule has 0 radical (unpaired) electrons. The molecule has 1 amide bonds. The molecular weight excluding hydrogens is 371 g/mol. The fraction of sp³-hybridized carbons (Fsp3) is 0.0500. The number of nitrogens with one attached hydrogen (secondary N) is 2. The molecule has 2 aromatic carbocycles. The number of carbonyl (C=O) groups is 1. The minimum Gasteiger partial charge on any atom is -0.361 e. The summed E-state index contributed by atoms with van der Waals surface area (Å²) in [5, 5.41) is 4.14. The molecule has 2 N–H and O–H groups in total. The molecule has 130 valence electrons. The Hall–Kier alpha value is -2.63. The fourth-order valence-electron chi connectivity index (χ4n) is 2.84. The van der Waals surface area contributed by atoms with Crippen molar-refractivity contribution in [3.63, 3.8) is 0 Å². The zero-order chi connectivity index (χ0) is 18.1. The van der Waals surface area contributed by atoms with Crippen LogP contribution in [0.1, 0.15) is 15.2 Å². The second-order valence-electron chi connectivity index (χ2n) is 5.79. The minimum absolute atomic E-state index is 0.0463. The van der Waals surface area contributed by atoms with Crippen molar-refractivity contribution in [1.82, 2.24) is 10.3 Å². The standard InChI is InChI=1S/C20H14ClFN2OS/c21-15-5-3-6-16(22)14(15)11-24-20(25)19-9-8-18(26-19)13-10-23-17-7-2-1-4-12(13)17/h1-10,23H,11H2,(H,24,25). The Balaban J connectivity index is 1.53. The number of thiophene rings is 1. The molecule has 2 aromatic heterocycles. The van der Waals surface area contributed by atoms with Gasteiger partial charge in [-0.15, -0.1) is 11.3 Å². The maximum atomic E-state index is 13.8. The van der Waals surface area contributed by atoms with E-state index in [0.29, 0.717) is 9.90 Å². The molecule has 0 aliphatic rings. The number of aromatic nitrogens is 1. The van der Waals surface area contributed by atoms with Crippen molar-refractivity contribution in [1.29, 1.82) is 0 Å². The lowest BCUT2D eigenvalue weighted by atomic mass is 10.1. The summed E-state index contributed by atoms with van der Waals surface area (Å²) >= 11 is 7.39. The molecule has 4 aromatic rings. The Morgan fingerprint density at radius 2 is 1.96 bits per heavy atom. The van der Waals surface area contributed by atoms with E-state index in [9.17, 15) is 9.18 Å². The molecule has 4 rings (SSSR count). The first-order valence-electron chi connectivity index (χ1n) is 8.01. The summed E-state index contributed by atoms with van der Waals surface area (Å²) in [6.45, 7) is 0.0463. The average Bonchev–Trinajstić information content (AvgIpc) is 3.28. The van der Waals surface area contributed by atoms with Crippen molar-refractivity contribution in [2.45, 2.75) is 6.54 Å². The number of amides is 1. The Kier molecular flexibility index (Phi) is 4.49. The largest absolute Gasteiger partial charge is 0.361 e. The highest BCUT2D eigenvalue weighted by Gasteiger charge is 2.14. The van der Waals surface area contributed by atoms with Crippen LogP contribution in [-0.4, -0.2) is 10.9 Å². The second-order valence-corrected chi connectivity index (χ2v) is 7.29. The highest BCUT2D eigenvalue weighted by Crippen LogP contribution is 2.33.